The zero-order valence-corrected chi connectivity index (χ0v) is 11.2. The molecule has 0 radical (unpaired) electrons. The van der Waals surface area contributed by atoms with E-state index in [1.165, 1.54) is 6.07 Å². The van der Waals surface area contributed by atoms with Crippen molar-refractivity contribution in [2.24, 2.45) is 0 Å². The first-order valence-electron chi connectivity index (χ1n) is 5.39. The number of nitrogens with one attached hydrogen (secondary N) is 1. The van der Waals surface area contributed by atoms with Crippen LogP contribution in [0.15, 0.2) is 40.9 Å². The molecule has 94 valence electrons. The Kier molecular flexibility index (Phi) is 3.72. The van der Waals surface area contributed by atoms with Crippen molar-refractivity contribution in [1.82, 2.24) is 0 Å². The van der Waals surface area contributed by atoms with Gasteiger partial charge in [0.25, 0.3) is 0 Å². The van der Waals surface area contributed by atoms with Crippen LogP contribution in [-0.2, 0) is 6.54 Å². The van der Waals surface area contributed by atoms with E-state index >= 15 is 0 Å². The van der Waals surface area contributed by atoms with E-state index in [2.05, 4.69) is 21.2 Å². The van der Waals surface area contributed by atoms with Crippen molar-refractivity contribution in [2.45, 2.75) is 6.54 Å². The quantitative estimate of drug-likeness (QED) is 0.762. The lowest BCUT2D eigenvalue weighted by atomic mass is 10.2. The first-order chi connectivity index (χ1) is 8.56. The van der Waals surface area contributed by atoms with Crippen molar-refractivity contribution >= 4 is 33.0 Å². The van der Waals surface area contributed by atoms with Gasteiger partial charge in [-0.2, -0.15) is 0 Å². The molecule has 2 rings (SSSR count). The van der Waals surface area contributed by atoms with Gasteiger partial charge in [0.2, 0.25) is 0 Å². The summed E-state index contributed by atoms with van der Waals surface area (Å²) in [6.45, 7) is 0.384. The molecule has 0 fully saturated rings. The summed E-state index contributed by atoms with van der Waals surface area (Å²) in [6.07, 6.45) is 0. The van der Waals surface area contributed by atoms with E-state index in [9.17, 15) is 4.39 Å². The van der Waals surface area contributed by atoms with E-state index in [-0.39, 0.29) is 5.82 Å². The Morgan fingerprint density at radius 1 is 1.06 bits per heavy atom. The van der Waals surface area contributed by atoms with Gasteiger partial charge in [-0.1, -0.05) is 15.9 Å². The molecule has 5 heteroatoms. The summed E-state index contributed by atoms with van der Waals surface area (Å²) in [6, 6.07) is 10.1. The fourth-order valence-corrected chi connectivity index (χ4v) is 1.97. The van der Waals surface area contributed by atoms with Gasteiger partial charge in [-0.05, 0) is 36.4 Å². The minimum atomic E-state index is -0.242. The normalized spacial score (nSPS) is 10.3. The van der Waals surface area contributed by atoms with E-state index in [1.807, 2.05) is 6.07 Å². The number of halogens is 2. The molecule has 0 spiro atoms. The Labute approximate surface area is 113 Å². The van der Waals surface area contributed by atoms with Gasteiger partial charge in [-0.15, -0.1) is 0 Å². The van der Waals surface area contributed by atoms with Crippen molar-refractivity contribution in [3.63, 3.8) is 0 Å². The summed E-state index contributed by atoms with van der Waals surface area (Å²) in [5, 5.41) is 3.10. The van der Waals surface area contributed by atoms with Gasteiger partial charge in [-0.3, -0.25) is 0 Å². The minimum Gasteiger partial charge on any atom is -0.397 e. The summed E-state index contributed by atoms with van der Waals surface area (Å²) in [5.41, 5.74) is 13.8. The topological polar surface area (TPSA) is 64.1 Å². The molecule has 18 heavy (non-hydrogen) atoms. The maximum absolute atomic E-state index is 13.5. The fraction of sp³-hybridized carbons (Fsp3) is 0.0769. The van der Waals surface area contributed by atoms with Crippen molar-refractivity contribution < 1.29 is 4.39 Å². The maximum Gasteiger partial charge on any atom is 0.128 e. The molecule has 5 N–H and O–H groups in total. The van der Waals surface area contributed by atoms with Crippen molar-refractivity contribution in [1.29, 1.82) is 0 Å². The van der Waals surface area contributed by atoms with Gasteiger partial charge in [0.1, 0.15) is 5.82 Å². The van der Waals surface area contributed by atoms with E-state index in [1.54, 1.807) is 24.3 Å². The largest absolute Gasteiger partial charge is 0.397 e. The SMILES string of the molecule is Nc1ccc(NCc2cc(Br)ccc2F)cc1N. The highest BCUT2D eigenvalue weighted by atomic mass is 79.9. The van der Waals surface area contributed by atoms with Crippen molar-refractivity contribution in [3.8, 4) is 0 Å². The molecule has 0 saturated heterocycles. The molecule has 3 nitrogen and oxygen atoms in total. The Hall–Kier alpha value is -1.75. The monoisotopic (exact) mass is 309 g/mol. The van der Waals surface area contributed by atoms with Crippen LogP contribution in [0.25, 0.3) is 0 Å². The van der Waals surface area contributed by atoms with Gasteiger partial charge in [-0.25, -0.2) is 4.39 Å². The third-order valence-corrected chi connectivity index (χ3v) is 3.07. The van der Waals surface area contributed by atoms with Gasteiger partial charge in [0.15, 0.2) is 0 Å². The summed E-state index contributed by atoms with van der Waals surface area (Å²) < 4.78 is 14.4. The molecule has 2 aromatic rings. The molecular weight excluding hydrogens is 297 g/mol. The van der Waals surface area contributed by atoms with Crippen LogP contribution < -0.4 is 16.8 Å². The average Bonchev–Trinajstić information content (AvgIpc) is 2.34. The summed E-state index contributed by atoms with van der Waals surface area (Å²) >= 11 is 3.31. The third-order valence-electron chi connectivity index (χ3n) is 2.58. The van der Waals surface area contributed by atoms with Gasteiger partial charge >= 0.3 is 0 Å². The lowest BCUT2D eigenvalue weighted by Gasteiger charge is -2.09. The van der Waals surface area contributed by atoms with Gasteiger partial charge < -0.3 is 16.8 Å². The highest BCUT2D eigenvalue weighted by Gasteiger charge is 2.03. The maximum atomic E-state index is 13.5. The van der Waals surface area contributed by atoms with Crippen LogP contribution >= 0.6 is 15.9 Å². The first-order valence-corrected chi connectivity index (χ1v) is 6.18. The number of rotatable bonds is 3. The van der Waals surface area contributed by atoms with Crippen LogP contribution in [0, 0.1) is 5.82 Å². The lowest BCUT2D eigenvalue weighted by Crippen LogP contribution is -2.03. The second kappa shape index (κ2) is 5.27. The molecule has 0 aliphatic carbocycles. The van der Waals surface area contributed by atoms with Gasteiger partial charge in [0, 0.05) is 22.3 Å². The van der Waals surface area contributed by atoms with E-state index in [4.69, 9.17) is 11.5 Å². The molecular formula is C13H13BrFN3. The van der Waals surface area contributed by atoms with Crippen LogP contribution in [0.3, 0.4) is 0 Å². The second-order valence-corrected chi connectivity index (χ2v) is 4.85. The first kappa shape index (κ1) is 12.7. The number of nitrogens with two attached hydrogens (primary N) is 2. The van der Waals surface area contributed by atoms with Crippen LogP contribution in [0.5, 0.6) is 0 Å². The van der Waals surface area contributed by atoms with Crippen LogP contribution in [-0.4, -0.2) is 0 Å². The summed E-state index contributed by atoms with van der Waals surface area (Å²) in [5.74, 6) is -0.242. The molecule has 2 aromatic carbocycles. The molecule has 0 unspecified atom stereocenters. The highest BCUT2D eigenvalue weighted by molar-refractivity contribution is 9.10. The Bertz CT molecular complexity index is 572. The Morgan fingerprint density at radius 3 is 2.56 bits per heavy atom. The number of benzene rings is 2. The number of hydrogen-bond acceptors (Lipinski definition) is 3. The van der Waals surface area contributed by atoms with E-state index in [0.717, 1.165) is 10.2 Å². The van der Waals surface area contributed by atoms with Gasteiger partial charge in [0.05, 0.1) is 11.4 Å². The molecule has 0 aliphatic rings. The highest BCUT2D eigenvalue weighted by Crippen LogP contribution is 2.21. The Morgan fingerprint density at radius 2 is 1.83 bits per heavy atom. The fourth-order valence-electron chi connectivity index (χ4n) is 1.56. The Balaban J connectivity index is 2.11. The second-order valence-electron chi connectivity index (χ2n) is 3.93. The number of nitrogen functional groups attached to an aromatic ring is 2. The zero-order chi connectivity index (χ0) is 13.1. The predicted molar refractivity (Wildman–Crippen MR) is 76.7 cm³/mol. The average molecular weight is 310 g/mol. The molecule has 0 atom stereocenters. The molecule has 0 aromatic heterocycles. The van der Waals surface area contributed by atoms with Crippen LogP contribution in [0.1, 0.15) is 5.56 Å². The summed E-state index contributed by atoms with van der Waals surface area (Å²) in [4.78, 5) is 0. The minimum absolute atomic E-state index is 0.242. The predicted octanol–water partition coefficient (Wildman–Crippen LogP) is 3.36. The van der Waals surface area contributed by atoms with Crippen LogP contribution in [0.2, 0.25) is 0 Å². The zero-order valence-electron chi connectivity index (χ0n) is 9.58. The van der Waals surface area contributed by atoms with Crippen LogP contribution in [0.4, 0.5) is 21.5 Å². The smallest absolute Gasteiger partial charge is 0.128 e. The van der Waals surface area contributed by atoms with E-state index in [0.29, 0.717) is 23.5 Å². The molecule has 0 aliphatic heterocycles. The number of hydrogen-bond donors (Lipinski definition) is 3. The molecule has 0 amide bonds. The van der Waals surface area contributed by atoms with Crippen molar-refractivity contribution in [2.75, 3.05) is 16.8 Å². The number of anilines is 3. The third kappa shape index (κ3) is 2.92. The molecule has 0 heterocycles. The standard InChI is InChI=1S/C13H13BrFN3/c14-9-1-3-11(15)8(5-9)7-18-10-2-4-12(16)13(17)6-10/h1-6,18H,7,16-17H2. The molecule has 0 bridgehead atoms. The van der Waals surface area contributed by atoms with E-state index < -0.39 is 0 Å². The lowest BCUT2D eigenvalue weighted by molar-refractivity contribution is 0.612. The summed E-state index contributed by atoms with van der Waals surface area (Å²) in [7, 11) is 0. The molecule has 0 saturated carbocycles. The van der Waals surface area contributed by atoms with Crippen molar-refractivity contribution in [3.05, 3.63) is 52.3 Å².